The maximum atomic E-state index is 11.7. The molecule has 178 valence electrons. The van der Waals surface area contributed by atoms with Gasteiger partial charge in [0.1, 0.15) is 0 Å². The summed E-state index contributed by atoms with van der Waals surface area (Å²) in [6.07, 6.45) is -2.74. The third-order valence-corrected chi connectivity index (χ3v) is 5.25. The first-order valence-electron chi connectivity index (χ1n) is 9.34. The van der Waals surface area contributed by atoms with Gasteiger partial charge in [0, 0.05) is 24.3 Å². The minimum atomic E-state index is -4.17. The first-order valence-corrected chi connectivity index (χ1v) is 12.5. The predicted octanol–water partition coefficient (Wildman–Crippen LogP) is -1.42. The van der Waals surface area contributed by atoms with Gasteiger partial charge in [0.2, 0.25) is 6.43 Å². The SMILES string of the molecule is O=S(=O)([O-])CCCCCCCC(F)(F)F.O=S(=O)([O-])CCCCCCCC(F)F.[K+].[K+]. The van der Waals surface area contributed by atoms with Gasteiger partial charge in [-0.25, -0.2) is 25.6 Å². The fourth-order valence-electron chi connectivity index (χ4n) is 2.24. The summed E-state index contributed by atoms with van der Waals surface area (Å²) in [6, 6.07) is 0. The van der Waals surface area contributed by atoms with Crippen molar-refractivity contribution in [3.63, 3.8) is 0 Å². The van der Waals surface area contributed by atoms with Crippen molar-refractivity contribution in [3.8, 4) is 0 Å². The second kappa shape index (κ2) is 23.2. The van der Waals surface area contributed by atoms with E-state index in [0.29, 0.717) is 51.4 Å². The van der Waals surface area contributed by atoms with Gasteiger partial charge in [-0.3, -0.25) is 0 Å². The predicted molar refractivity (Wildman–Crippen MR) is 96.6 cm³/mol. The fraction of sp³-hybridized carbons (Fsp3) is 1.00. The normalized spacial score (nSPS) is 11.9. The largest absolute Gasteiger partial charge is 1.00 e. The number of hydrogen-bond donors (Lipinski definition) is 0. The second-order valence-electron chi connectivity index (χ2n) is 6.60. The first kappa shape index (κ1) is 40.9. The minimum absolute atomic E-state index is 0. The molecular weight excluding hydrogens is 525 g/mol. The van der Waals surface area contributed by atoms with Gasteiger partial charge in [-0.15, -0.1) is 0 Å². The topological polar surface area (TPSA) is 114 Å². The zero-order valence-electron chi connectivity index (χ0n) is 18.1. The summed E-state index contributed by atoms with van der Waals surface area (Å²) in [5.41, 5.74) is 0. The van der Waals surface area contributed by atoms with Crippen LogP contribution in [0.1, 0.15) is 77.0 Å². The van der Waals surface area contributed by atoms with Gasteiger partial charge in [0.15, 0.2) is 0 Å². The molecule has 0 aliphatic carbocycles. The van der Waals surface area contributed by atoms with E-state index in [2.05, 4.69) is 0 Å². The number of hydrogen-bond acceptors (Lipinski definition) is 6. The van der Waals surface area contributed by atoms with Gasteiger partial charge in [-0.1, -0.05) is 38.5 Å². The number of halogens is 5. The van der Waals surface area contributed by atoms with E-state index in [4.69, 9.17) is 0 Å². The molecular formula is C16H29F5K2O6S2. The van der Waals surface area contributed by atoms with E-state index < -0.39 is 45.0 Å². The van der Waals surface area contributed by atoms with Crippen LogP contribution in [0.4, 0.5) is 22.0 Å². The Morgan fingerprint density at radius 3 is 1.26 bits per heavy atom. The molecule has 0 radical (unpaired) electrons. The van der Waals surface area contributed by atoms with E-state index in [1.54, 1.807) is 0 Å². The molecule has 0 heterocycles. The summed E-state index contributed by atoms with van der Waals surface area (Å²) in [7, 11) is -8.27. The van der Waals surface area contributed by atoms with E-state index in [1.807, 2.05) is 0 Å². The quantitative estimate of drug-likeness (QED) is 0.106. The van der Waals surface area contributed by atoms with E-state index in [-0.39, 0.29) is 128 Å². The Bertz CT molecular complexity index is 602. The molecule has 0 aliphatic heterocycles. The Morgan fingerprint density at radius 2 is 0.935 bits per heavy atom. The molecule has 0 atom stereocenters. The Morgan fingerprint density at radius 1 is 0.613 bits per heavy atom. The summed E-state index contributed by atoms with van der Waals surface area (Å²) in [4.78, 5) is 0. The molecule has 0 aromatic carbocycles. The zero-order chi connectivity index (χ0) is 23.0. The molecule has 0 saturated carbocycles. The molecule has 0 amide bonds. The van der Waals surface area contributed by atoms with Crippen molar-refractivity contribution in [1.82, 2.24) is 0 Å². The van der Waals surface area contributed by atoms with Gasteiger partial charge < -0.3 is 9.11 Å². The maximum absolute atomic E-state index is 11.7. The second-order valence-corrected chi connectivity index (χ2v) is 9.65. The van der Waals surface area contributed by atoms with Crippen molar-refractivity contribution in [1.29, 1.82) is 0 Å². The van der Waals surface area contributed by atoms with Crippen molar-refractivity contribution in [2.75, 3.05) is 11.5 Å². The number of alkyl halides is 5. The third-order valence-electron chi connectivity index (χ3n) is 3.67. The van der Waals surface area contributed by atoms with Crippen LogP contribution in [0.2, 0.25) is 0 Å². The average Bonchev–Trinajstić information content (AvgIpc) is 2.50. The summed E-state index contributed by atoms with van der Waals surface area (Å²) in [6.45, 7) is 0. The average molecular weight is 555 g/mol. The Kier molecular flexibility index (Phi) is 30.6. The number of unbranched alkanes of at least 4 members (excludes halogenated alkanes) is 8. The molecule has 0 aromatic heterocycles. The summed E-state index contributed by atoms with van der Waals surface area (Å²) >= 11 is 0. The van der Waals surface area contributed by atoms with Gasteiger partial charge in [-0.2, -0.15) is 13.2 Å². The van der Waals surface area contributed by atoms with Gasteiger partial charge in [-0.05, 0) is 25.7 Å². The molecule has 0 saturated heterocycles. The van der Waals surface area contributed by atoms with Crippen molar-refractivity contribution in [2.45, 2.75) is 89.7 Å². The molecule has 0 unspecified atom stereocenters. The Balaban J connectivity index is -0.000000221. The van der Waals surface area contributed by atoms with Crippen LogP contribution in [0, 0.1) is 0 Å². The summed E-state index contributed by atoms with van der Waals surface area (Å²) in [5, 5.41) is 0. The summed E-state index contributed by atoms with van der Waals surface area (Å²) in [5.74, 6) is -0.770. The molecule has 0 aliphatic rings. The van der Waals surface area contributed by atoms with Crippen LogP contribution < -0.4 is 103 Å². The van der Waals surface area contributed by atoms with Crippen LogP contribution in [0.3, 0.4) is 0 Å². The molecule has 15 heteroatoms. The Labute approximate surface area is 267 Å². The molecule has 0 N–H and O–H groups in total. The van der Waals surface area contributed by atoms with Crippen LogP contribution in [0.5, 0.6) is 0 Å². The van der Waals surface area contributed by atoms with E-state index in [9.17, 15) is 47.9 Å². The third kappa shape index (κ3) is 46.7. The zero-order valence-corrected chi connectivity index (χ0v) is 26.0. The molecule has 0 rings (SSSR count). The van der Waals surface area contributed by atoms with Gasteiger partial charge >= 0.3 is 109 Å². The van der Waals surface area contributed by atoms with E-state index >= 15 is 0 Å². The monoisotopic (exact) mass is 554 g/mol. The standard InChI is InChI=1S/C8H15F3O3S.C8H16F2O3S.2K/c9-8(10,11)6-4-2-1-3-5-7-15(12,13)14;9-8(10)6-4-2-1-3-5-7-14(11,12)13;;/h1-7H2,(H,12,13,14);8H,1-7H2,(H,11,12,13);;/q;;2*+1/p-2. The van der Waals surface area contributed by atoms with Crippen LogP contribution >= 0.6 is 0 Å². The molecule has 31 heavy (non-hydrogen) atoms. The number of rotatable bonds is 15. The van der Waals surface area contributed by atoms with Crippen LogP contribution in [-0.4, -0.2) is 50.0 Å². The molecule has 0 aromatic rings. The van der Waals surface area contributed by atoms with E-state index in [1.165, 1.54) is 0 Å². The fourth-order valence-corrected chi connectivity index (χ4v) is 3.36. The molecule has 0 bridgehead atoms. The first-order chi connectivity index (χ1) is 13.1. The van der Waals surface area contributed by atoms with E-state index in [0.717, 1.165) is 0 Å². The summed E-state index contributed by atoms with van der Waals surface area (Å²) < 4.78 is 119. The van der Waals surface area contributed by atoms with Crippen molar-refractivity contribution in [3.05, 3.63) is 0 Å². The van der Waals surface area contributed by atoms with Crippen LogP contribution in [0.15, 0.2) is 0 Å². The smallest absolute Gasteiger partial charge is 0.748 e. The van der Waals surface area contributed by atoms with Gasteiger partial charge in [0.05, 0.1) is 20.2 Å². The van der Waals surface area contributed by atoms with Crippen molar-refractivity contribution < 1.29 is 151 Å². The molecule has 6 nitrogen and oxygen atoms in total. The Hall–Kier alpha value is 2.74. The van der Waals surface area contributed by atoms with Gasteiger partial charge in [0.25, 0.3) is 0 Å². The van der Waals surface area contributed by atoms with Crippen molar-refractivity contribution in [2.24, 2.45) is 0 Å². The van der Waals surface area contributed by atoms with Crippen LogP contribution in [0.25, 0.3) is 0 Å². The van der Waals surface area contributed by atoms with Crippen molar-refractivity contribution >= 4 is 20.2 Å². The minimum Gasteiger partial charge on any atom is -0.748 e. The molecule has 0 spiro atoms. The van der Waals surface area contributed by atoms with Crippen LogP contribution in [-0.2, 0) is 20.2 Å². The maximum Gasteiger partial charge on any atom is 1.00 e. The molecule has 0 fully saturated rings.